The van der Waals surface area contributed by atoms with Crippen LogP contribution in [0.4, 0.5) is 11.4 Å². The Labute approximate surface area is 162 Å². The summed E-state index contributed by atoms with van der Waals surface area (Å²) >= 11 is 0. The van der Waals surface area contributed by atoms with Gasteiger partial charge < -0.3 is 10.1 Å². The summed E-state index contributed by atoms with van der Waals surface area (Å²) in [5.74, 6) is 0.655. The molecular formula is C21H28N2O3S. The second-order valence-electron chi connectivity index (χ2n) is 7.30. The maximum Gasteiger partial charge on any atom is 0.261 e. The van der Waals surface area contributed by atoms with Gasteiger partial charge in [0.05, 0.1) is 11.0 Å². The highest BCUT2D eigenvalue weighted by Crippen LogP contribution is 2.24. The largest absolute Gasteiger partial charge is 0.491 e. The molecule has 0 bridgehead atoms. The van der Waals surface area contributed by atoms with Gasteiger partial charge in [0.25, 0.3) is 10.0 Å². The lowest BCUT2D eigenvalue weighted by Gasteiger charge is -2.24. The maximum absolute atomic E-state index is 12.6. The van der Waals surface area contributed by atoms with E-state index in [1.165, 1.54) is 32.1 Å². The van der Waals surface area contributed by atoms with Gasteiger partial charge in [-0.1, -0.05) is 19.3 Å². The van der Waals surface area contributed by atoms with Gasteiger partial charge in [0.1, 0.15) is 5.75 Å². The lowest BCUT2D eigenvalue weighted by molar-refractivity contribution is 0.242. The summed E-state index contributed by atoms with van der Waals surface area (Å²) in [4.78, 5) is 0.211. The molecule has 0 aromatic heterocycles. The normalized spacial score (nSPS) is 15.5. The van der Waals surface area contributed by atoms with Crippen LogP contribution in [0.1, 0.15) is 46.0 Å². The zero-order chi connectivity index (χ0) is 19.3. The Morgan fingerprint density at radius 2 is 1.48 bits per heavy atom. The topological polar surface area (TPSA) is 67.4 Å². The molecule has 3 rings (SSSR count). The van der Waals surface area contributed by atoms with Crippen molar-refractivity contribution in [3.05, 3.63) is 48.5 Å². The fourth-order valence-electron chi connectivity index (χ4n) is 3.30. The van der Waals surface area contributed by atoms with Crippen molar-refractivity contribution in [3.8, 4) is 5.75 Å². The quantitative estimate of drug-likeness (QED) is 0.699. The van der Waals surface area contributed by atoms with Crippen molar-refractivity contribution >= 4 is 21.4 Å². The maximum atomic E-state index is 12.6. The lowest BCUT2D eigenvalue weighted by atomic mass is 9.95. The van der Waals surface area contributed by atoms with Gasteiger partial charge in [0.2, 0.25) is 0 Å². The highest BCUT2D eigenvalue weighted by atomic mass is 32.2. The van der Waals surface area contributed by atoms with Crippen molar-refractivity contribution in [1.29, 1.82) is 0 Å². The average Bonchev–Trinajstić information content (AvgIpc) is 2.64. The van der Waals surface area contributed by atoms with Gasteiger partial charge in [0, 0.05) is 17.4 Å². The highest BCUT2D eigenvalue weighted by molar-refractivity contribution is 7.92. The summed E-state index contributed by atoms with van der Waals surface area (Å²) in [6.07, 6.45) is 6.32. The first-order valence-corrected chi connectivity index (χ1v) is 11.1. The van der Waals surface area contributed by atoms with E-state index in [-0.39, 0.29) is 11.0 Å². The SMILES string of the molecule is CC(C)Oc1ccc(S(=O)(=O)Nc2ccc(NC3CCCCC3)cc2)cc1. The zero-order valence-corrected chi connectivity index (χ0v) is 16.8. The molecule has 0 heterocycles. The molecule has 0 amide bonds. The number of hydrogen-bond donors (Lipinski definition) is 2. The molecule has 1 saturated carbocycles. The van der Waals surface area contributed by atoms with E-state index in [1.807, 2.05) is 26.0 Å². The van der Waals surface area contributed by atoms with Gasteiger partial charge in [-0.3, -0.25) is 4.72 Å². The van der Waals surface area contributed by atoms with E-state index < -0.39 is 10.0 Å². The Bertz CT molecular complexity index is 825. The summed E-state index contributed by atoms with van der Waals surface area (Å²) in [5, 5.41) is 3.53. The molecule has 27 heavy (non-hydrogen) atoms. The number of ether oxygens (including phenoxy) is 1. The smallest absolute Gasteiger partial charge is 0.261 e. The van der Waals surface area contributed by atoms with Crippen molar-refractivity contribution < 1.29 is 13.2 Å². The van der Waals surface area contributed by atoms with E-state index in [2.05, 4.69) is 10.0 Å². The number of nitrogens with one attached hydrogen (secondary N) is 2. The minimum Gasteiger partial charge on any atom is -0.491 e. The number of benzene rings is 2. The minimum atomic E-state index is -3.62. The fraction of sp³-hybridized carbons (Fsp3) is 0.429. The predicted octanol–water partition coefficient (Wildman–Crippen LogP) is 5.02. The summed E-state index contributed by atoms with van der Waals surface area (Å²) in [6.45, 7) is 3.86. The van der Waals surface area contributed by atoms with Crippen LogP contribution >= 0.6 is 0 Å². The summed E-state index contributed by atoms with van der Waals surface area (Å²) in [6, 6.07) is 14.4. The first kappa shape index (κ1) is 19.5. The van der Waals surface area contributed by atoms with Gasteiger partial charge in [-0.25, -0.2) is 8.42 Å². The minimum absolute atomic E-state index is 0.0475. The molecule has 0 radical (unpaired) electrons. The van der Waals surface area contributed by atoms with Crippen LogP contribution in [0, 0.1) is 0 Å². The molecule has 6 heteroatoms. The second-order valence-corrected chi connectivity index (χ2v) is 8.98. The van der Waals surface area contributed by atoms with Crippen molar-refractivity contribution in [1.82, 2.24) is 0 Å². The third-order valence-corrected chi connectivity index (χ3v) is 6.02. The van der Waals surface area contributed by atoms with Crippen LogP contribution in [0.25, 0.3) is 0 Å². The van der Waals surface area contributed by atoms with E-state index >= 15 is 0 Å². The summed E-state index contributed by atoms with van der Waals surface area (Å²) < 4.78 is 33.3. The van der Waals surface area contributed by atoms with Crippen LogP contribution in [-0.2, 0) is 10.0 Å². The Morgan fingerprint density at radius 1 is 0.889 bits per heavy atom. The Morgan fingerprint density at radius 3 is 2.07 bits per heavy atom. The van der Waals surface area contributed by atoms with Gasteiger partial charge in [-0.15, -0.1) is 0 Å². The van der Waals surface area contributed by atoms with Crippen molar-refractivity contribution in [2.24, 2.45) is 0 Å². The first-order chi connectivity index (χ1) is 12.9. The molecule has 2 aromatic rings. The van der Waals surface area contributed by atoms with E-state index in [1.54, 1.807) is 36.4 Å². The van der Waals surface area contributed by atoms with Gasteiger partial charge in [-0.2, -0.15) is 0 Å². The molecule has 5 nitrogen and oxygen atoms in total. The molecule has 2 N–H and O–H groups in total. The molecule has 0 atom stereocenters. The number of anilines is 2. The number of rotatable bonds is 7. The Hall–Kier alpha value is -2.21. The molecule has 0 saturated heterocycles. The molecule has 0 aliphatic heterocycles. The second kappa shape index (κ2) is 8.65. The first-order valence-electron chi connectivity index (χ1n) is 9.58. The highest BCUT2D eigenvalue weighted by Gasteiger charge is 2.15. The van der Waals surface area contributed by atoms with Gasteiger partial charge >= 0.3 is 0 Å². The Balaban J connectivity index is 1.63. The molecule has 146 valence electrons. The molecule has 1 aliphatic rings. The molecule has 0 spiro atoms. The van der Waals surface area contributed by atoms with E-state index in [0.29, 0.717) is 17.5 Å². The van der Waals surface area contributed by atoms with Crippen molar-refractivity contribution in [2.75, 3.05) is 10.0 Å². The number of hydrogen-bond acceptors (Lipinski definition) is 4. The van der Waals surface area contributed by atoms with Crippen LogP contribution in [0.15, 0.2) is 53.4 Å². The van der Waals surface area contributed by atoms with Crippen LogP contribution in [-0.4, -0.2) is 20.6 Å². The average molecular weight is 389 g/mol. The molecule has 2 aromatic carbocycles. The van der Waals surface area contributed by atoms with E-state index in [4.69, 9.17) is 4.74 Å². The molecular weight excluding hydrogens is 360 g/mol. The van der Waals surface area contributed by atoms with Crippen LogP contribution < -0.4 is 14.8 Å². The van der Waals surface area contributed by atoms with Crippen LogP contribution in [0.2, 0.25) is 0 Å². The number of sulfonamides is 1. The van der Waals surface area contributed by atoms with Crippen molar-refractivity contribution in [2.45, 2.75) is 63.0 Å². The van der Waals surface area contributed by atoms with E-state index in [0.717, 1.165) is 5.69 Å². The fourth-order valence-corrected chi connectivity index (χ4v) is 4.36. The third kappa shape index (κ3) is 5.63. The summed E-state index contributed by atoms with van der Waals surface area (Å²) in [5.41, 5.74) is 1.58. The standard InChI is InChI=1S/C21H28N2O3S/c1-16(2)26-20-12-14-21(15-13-20)27(24,25)23-19-10-8-18(9-11-19)22-17-6-4-3-5-7-17/h8-17,22-23H,3-7H2,1-2H3. The monoisotopic (exact) mass is 388 g/mol. The summed E-state index contributed by atoms with van der Waals surface area (Å²) in [7, 11) is -3.62. The molecule has 1 aliphatic carbocycles. The molecule has 0 unspecified atom stereocenters. The van der Waals surface area contributed by atoms with Gasteiger partial charge in [0.15, 0.2) is 0 Å². The lowest BCUT2D eigenvalue weighted by Crippen LogP contribution is -2.22. The van der Waals surface area contributed by atoms with E-state index in [9.17, 15) is 8.42 Å². The third-order valence-electron chi connectivity index (χ3n) is 4.62. The Kier molecular flexibility index (Phi) is 6.26. The van der Waals surface area contributed by atoms with Crippen LogP contribution in [0.5, 0.6) is 5.75 Å². The van der Waals surface area contributed by atoms with Crippen LogP contribution in [0.3, 0.4) is 0 Å². The molecule has 1 fully saturated rings. The van der Waals surface area contributed by atoms with Gasteiger partial charge in [-0.05, 0) is 75.2 Å². The predicted molar refractivity (Wildman–Crippen MR) is 110 cm³/mol. The zero-order valence-electron chi connectivity index (χ0n) is 15.9. The van der Waals surface area contributed by atoms with Crippen molar-refractivity contribution in [3.63, 3.8) is 0 Å².